The van der Waals surface area contributed by atoms with Crippen LogP contribution in [0.2, 0.25) is 0 Å². The van der Waals surface area contributed by atoms with Crippen LogP contribution in [0.3, 0.4) is 0 Å². The first-order valence-electron chi connectivity index (χ1n) is 10.5. The lowest BCUT2D eigenvalue weighted by molar-refractivity contribution is -0.132. The number of hydrogen-bond donors (Lipinski definition) is 0. The van der Waals surface area contributed by atoms with Gasteiger partial charge in [-0.2, -0.15) is 0 Å². The van der Waals surface area contributed by atoms with E-state index in [1.165, 1.54) is 5.56 Å². The number of benzene rings is 1. The zero-order valence-electron chi connectivity index (χ0n) is 17.3. The van der Waals surface area contributed by atoms with Gasteiger partial charge in [-0.05, 0) is 43.9 Å². The molecule has 0 aliphatic carbocycles. The van der Waals surface area contributed by atoms with Crippen molar-refractivity contribution in [3.05, 3.63) is 29.8 Å². The average Bonchev–Trinajstić information content (AvgIpc) is 2.70. The summed E-state index contributed by atoms with van der Waals surface area (Å²) in [6.07, 6.45) is 6.96. The van der Waals surface area contributed by atoms with Gasteiger partial charge in [-0.15, -0.1) is 0 Å². The molecule has 4 heteroatoms. The molecule has 0 fully saturated rings. The van der Waals surface area contributed by atoms with Gasteiger partial charge in [-0.1, -0.05) is 45.2 Å². The number of Topliss-reactive ketones (excluding diaryl/α,β-unsaturated/α-hetero) is 2. The molecule has 1 aromatic carbocycles. The Bertz CT molecular complexity index is 520. The molecule has 0 aromatic heterocycles. The van der Waals surface area contributed by atoms with E-state index in [1.54, 1.807) is 0 Å². The van der Waals surface area contributed by atoms with Crippen LogP contribution in [0.25, 0.3) is 0 Å². The van der Waals surface area contributed by atoms with Crippen molar-refractivity contribution in [3.63, 3.8) is 0 Å². The Balaban J connectivity index is 2.20. The second-order valence-corrected chi connectivity index (χ2v) is 6.83. The van der Waals surface area contributed by atoms with Gasteiger partial charge in [0.1, 0.15) is 23.9 Å². The molecule has 0 saturated heterocycles. The first-order chi connectivity index (χ1) is 13.1. The number of unbranched alkanes of at least 4 members (excludes halogenated alkanes) is 3. The van der Waals surface area contributed by atoms with Gasteiger partial charge in [0.15, 0.2) is 0 Å². The quantitative estimate of drug-likeness (QED) is 0.295. The summed E-state index contributed by atoms with van der Waals surface area (Å²) in [5.41, 5.74) is 1.31. The Morgan fingerprint density at radius 3 is 2.07 bits per heavy atom. The van der Waals surface area contributed by atoms with Gasteiger partial charge in [-0.3, -0.25) is 9.59 Å². The van der Waals surface area contributed by atoms with Crippen LogP contribution in [0.15, 0.2) is 24.3 Å². The summed E-state index contributed by atoms with van der Waals surface area (Å²) in [6, 6.07) is 8.26. The van der Waals surface area contributed by atoms with E-state index in [-0.39, 0.29) is 17.5 Å². The van der Waals surface area contributed by atoms with E-state index in [1.807, 2.05) is 32.9 Å². The van der Waals surface area contributed by atoms with Crippen molar-refractivity contribution in [1.29, 1.82) is 0 Å². The molecule has 4 nitrogen and oxygen atoms in total. The van der Waals surface area contributed by atoms with Crippen molar-refractivity contribution in [3.8, 4) is 5.75 Å². The topological polar surface area (TPSA) is 52.6 Å². The van der Waals surface area contributed by atoms with Crippen molar-refractivity contribution in [1.82, 2.24) is 0 Å². The van der Waals surface area contributed by atoms with Gasteiger partial charge >= 0.3 is 0 Å². The molecule has 27 heavy (non-hydrogen) atoms. The molecular formula is C23H36O4. The van der Waals surface area contributed by atoms with Crippen molar-refractivity contribution < 1.29 is 19.1 Å². The molecule has 0 heterocycles. The first kappa shape index (κ1) is 23.4. The van der Waals surface area contributed by atoms with Crippen LogP contribution < -0.4 is 4.74 Å². The smallest absolute Gasteiger partial charge is 0.143 e. The lowest BCUT2D eigenvalue weighted by atomic mass is 9.90. The second-order valence-electron chi connectivity index (χ2n) is 6.83. The summed E-state index contributed by atoms with van der Waals surface area (Å²) in [7, 11) is 0. The van der Waals surface area contributed by atoms with Gasteiger partial charge in [0, 0.05) is 19.4 Å². The minimum absolute atomic E-state index is 0.102. The van der Waals surface area contributed by atoms with Crippen LogP contribution in [-0.4, -0.2) is 31.4 Å². The molecule has 0 spiro atoms. The number of hydrogen-bond acceptors (Lipinski definition) is 4. The summed E-state index contributed by atoms with van der Waals surface area (Å²) in [5, 5.41) is 0. The second kappa shape index (κ2) is 14.4. The molecular weight excluding hydrogens is 340 g/mol. The zero-order chi connectivity index (χ0) is 19.9. The summed E-state index contributed by atoms with van der Waals surface area (Å²) in [6.45, 7) is 7.57. The highest BCUT2D eigenvalue weighted by atomic mass is 16.5. The van der Waals surface area contributed by atoms with Gasteiger partial charge in [0.25, 0.3) is 0 Å². The molecule has 0 saturated carbocycles. The minimum Gasteiger partial charge on any atom is -0.491 e. The molecule has 0 unspecified atom stereocenters. The van der Waals surface area contributed by atoms with E-state index in [0.29, 0.717) is 39.1 Å². The third-order valence-electron chi connectivity index (χ3n) is 4.81. The molecule has 0 N–H and O–H groups in total. The maximum atomic E-state index is 11.9. The lowest BCUT2D eigenvalue weighted by Gasteiger charge is -2.12. The van der Waals surface area contributed by atoms with Crippen LogP contribution in [-0.2, 0) is 20.7 Å². The van der Waals surface area contributed by atoms with Crippen molar-refractivity contribution in [2.45, 2.75) is 72.1 Å². The fourth-order valence-electron chi connectivity index (χ4n) is 3.14. The summed E-state index contributed by atoms with van der Waals surface area (Å²) in [5.74, 6) is 0.719. The van der Waals surface area contributed by atoms with E-state index in [4.69, 9.17) is 9.47 Å². The summed E-state index contributed by atoms with van der Waals surface area (Å²) < 4.78 is 10.9. The highest BCUT2D eigenvalue weighted by Gasteiger charge is 2.22. The van der Waals surface area contributed by atoms with Gasteiger partial charge in [-0.25, -0.2) is 0 Å². The van der Waals surface area contributed by atoms with E-state index >= 15 is 0 Å². The Morgan fingerprint density at radius 1 is 0.852 bits per heavy atom. The molecule has 0 atom stereocenters. The number of ether oxygens (including phenoxy) is 2. The maximum absolute atomic E-state index is 11.9. The van der Waals surface area contributed by atoms with Crippen LogP contribution in [0.5, 0.6) is 5.75 Å². The van der Waals surface area contributed by atoms with Crippen LogP contribution in [0.1, 0.15) is 71.3 Å². The highest BCUT2D eigenvalue weighted by molar-refractivity contribution is 6.02. The number of ketones is 2. The Kier molecular flexibility index (Phi) is 12.4. The average molecular weight is 377 g/mol. The van der Waals surface area contributed by atoms with E-state index in [9.17, 15) is 9.59 Å². The zero-order valence-corrected chi connectivity index (χ0v) is 17.3. The summed E-state index contributed by atoms with van der Waals surface area (Å²) in [4.78, 5) is 23.8. The molecule has 0 amide bonds. The van der Waals surface area contributed by atoms with Crippen LogP contribution >= 0.6 is 0 Å². The van der Waals surface area contributed by atoms with Crippen molar-refractivity contribution in [2.75, 3.05) is 19.8 Å². The van der Waals surface area contributed by atoms with Crippen LogP contribution in [0, 0.1) is 5.92 Å². The third kappa shape index (κ3) is 9.71. The monoisotopic (exact) mass is 376 g/mol. The van der Waals surface area contributed by atoms with Gasteiger partial charge in [0.05, 0.1) is 12.5 Å². The van der Waals surface area contributed by atoms with E-state index < -0.39 is 0 Å². The first-order valence-corrected chi connectivity index (χ1v) is 10.5. The third-order valence-corrected chi connectivity index (χ3v) is 4.81. The van der Waals surface area contributed by atoms with E-state index in [0.717, 1.165) is 37.9 Å². The Labute approximate surface area is 164 Å². The number of carbonyl (C=O) groups excluding carboxylic acids is 2. The number of rotatable bonds is 16. The molecule has 1 aromatic rings. The standard InChI is InChI=1S/C23H36O4/c1-4-22(24)21(23(25)5-2)12-10-8-7-9-11-19-13-15-20(16-14-19)27-18-17-26-6-3/h13-16,21H,4-12,17-18H2,1-3H3. The van der Waals surface area contributed by atoms with Crippen LogP contribution in [0.4, 0.5) is 0 Å². The Morgan fingerprint density at radius 2 is 1.48 bits per heavy atom. The normalized spacial score (nSPS) is 11.0. The largest absolute Gasteiger partial charge is 0.491 e. The SMILES string of the molecule is CCOCCOc1ccc(CCCCCCC(C(=O)CC)C(=O)CC)cc1. The fraction of sp³-hybridized carbons (Fsp3) is 0.652. The molecule has 0 radical (unpaired) electrons. The number of aryl methyl sites for hydroxylation is 1. The Hall–Kier alpha value is -1.68. The summed E-state index contributed by atoms with van der Waals surface area (Å²) >= 11 is 0. The number of carbonyl (C=O) groups is 2. The van der Waals surface area contributed by atoms with Crippen molar-refractivity contribution in [2.24, 2.45) is 5.92 Å². The lowest BCUT2D eigenvalue weighted by Crippen LogP contribution is -2.22. The maximum Gasteiger partial charge on any atom is 0.143 e. The molecule has 1 rings (SSSR count). The predicted molar refractivity (Wildman–Crippen MR) is 109 cm³/mol. The van der Waals surface area contributed by atoms with Gasteiger partial charge in [0.2, 0.25) is 0 Å². The highest BCUT2D eigenvalue weighted by Crippen LogP contribution is 2.18. The molecule has 0 bridgehead atoms. The fourth-order valence-corrected chi connectivity index (χ4v) is 3.14. The molecule has 152 valence electrons. The van der Waals surface area contributed by atoms with E-state index in [2.05, 4.69) is 12.1 Å². The van der Waals surface area contributed by atoms with Gasteiger partial charge < -0.3 is 9.47 Å². The predicted octanol–water partition coefficient (Wildman–Crippen LogP) is 5.17. The molecule has 0 aliphatic rings. The minimum atomic E-state index is -0.365. The molecule has 0 aliphatic heterocycles. The van der Waals surface area contributed by atoms with Crippen molar-refractivity contribution >= 4 is 11.6 Å².